The third kappa shape index (κ3) is 4.00. The average Bonchev–Trinajstić information content (AvgIpc) is 2.84. The highest BCUT2D eigenvalue weighted by Gasteiger charge is 2.31. The molecule has 1 aromatic rings. The van der Waals surface area contributed by atoms with Crippen LogP contribution >= 0.6 is 12.4 Å². The molecule has 2 heterocycles. The van der Waals surface area contributed by atoms with E-state index in [4.69, 9.17) is 0 Å². The number of nitrogens with zero attached hydrogens (tertiary/aromatic N) is 1. The molecule has 25 heavy (non-hydrogen) atoms. The first-order valence-corrected chi connectivity index (χ1v) is 9.93. The molecule has 3 rings (SSSR count). The number of anilines is 1. The normalized spacial score (nSPS) is 26.0. The summed E-state index contributed by atoms with van der Waals surface area (Å²) in [6.45, 7) is 7.17. The molecule has 1 saturated heterocycles. The molecule has 0 bridgehead atoms. The number of halogens is 1. The maximum absolute atomic E-state index is 12.7. The summed E-state index contributed by atoms with van der Waals surface area (Å²) in [5.74, 6) is 0.292. The van der Waals surface area contributed by atoms with Gasteiger partial charge in [-0.15, -0.1) is 12.4 Å². The Morgan fingerprint density at radius 2 is 2.04 bits per heavy atom. The van der Waals surface area contributed by atoms with Crippen LogP contribution in [0.25, 0.3) is 0 Å². The van der Waals surface area contributed by atoms with Crippen molar-refractivity contribution in [2.24, 2.45) is 5.92 Å². The van der Waals surface area contributed by atoms with Crippen LogP contribution in [-0.2, 0) is 21.2 Å². The number of carbonyl (C=O) groups is 1. The molecule has 0 aromatic heterocycles. The van der Waals surface area contributed by atoms with Crippen molar-refractivity contribution in [2.45, 2.75) is 50.6 Å². The molecule has 1 fully saturated rings. The number of rotatable bonds is 3. The van der Waals surface area contributed by atoms with Crippen molar-refractivity contribution in [3.8, 4) is 0 Å². The number of benzene rings is 1. The molecule has 6 nitrogen and oxygen atoms in total. The lowest BCUT2D eigenvalue weighted by molar-refractivity contribution is -0.116. The van der Waals surface area contributed by atoms with Crippen LogP contribution < -0.4 is 14.9 Å². The van der Waals surface area contributed by atoms with Crippen LogP contribution in [-0.4, -0.2) is 39.5 Å². The Balaban J connectivity index is 0.00000225. The lowest BCUT2D eigenvalue weighted by Gasteiger charge is -2.30. The molecule has 140 valence electrons. The quantitative estimate of drug-likeness (QED) is 0.827. The highest BCUT2D eigenvalue weighted by atomic mass is 35.5. The number of carbonyl (C=O) groups excluding carboxylic acids is 1. The Kier molecular flexibility index (Phi) is 6.14. The van der Waals surface area contributed by atoms with Crippen LogP contribution in [0.15, 0.2) is 23.1 Å². The van der Waals surface area contributed by atoms with Crippen molar-refractivity contribution >= 4 is 34.0 Å². The lowest BCUT2D eigenvalue weighted by atomic mass is 9.96. The third-order valence-electron chi connectivity index (χ3n) is 5.05. The van der Waals surface area contributed by atoms with Gasteiger partial charge in [-0.25, -0.2) is 13.1 Å². The summed E-state index contributed by atoms with van der Waals surface area (Å²) in [5.41, 5.74) is 1.73. The van der Waals surface area contributed by atoms with Gasteiger partial charge in [0, 0.05) is 31.2 Å². The number of fused-ring (bicyclic) bond motifs is 1. The van der Waals surface area contributed by atoms with Gasteiger partial charge < -0.3 is 10.2 Å². The minimum Gasteiger partial charge on any atom is -0.315 e. The van der Waals surface area contributed by atoms with Crippen molar-refractivity contribution in [1.82, 2.24) is 10.0 Å². The van der Waals surface area contributed by atoms with Crippen molar-refractivity contribution in [1.29, 1.82) is 0 Å². The Hall–Kier alpha value is -1.15. The standard InChI is InChI=1S/C17H25N3O3S.ClH/c1-11-6-7-18-10-16(11)19-24(22,23)15-4-5-17-14(9-15)8-12(2)20(17)13(3)21;/h4-5,9,11-12,16,18-19H,6-8,10H2,1-3H3;1H. The van der Waals surface area contributed by atoms with Gasteiger partial charge in [0.1, 0.15) is 0 Å². The minimum absolute atomic E-state index is 0. The Morgan fingerprint density at radius 1 is 1.32 bits per heavy atom. The summed E-state index contributed by atoms with van der Waals surface area (Å²) < 4.78 is 28.3. The van der Waals surface area contributed by atoms with E-state index in [1.165, 1.54) is 6.92 Å². The highest BCUT2D eigenvalue weighted by molar-refractivity contribution is 7.89. The largest absolute Gasteiger partial charge is 0.315 e. The fraction of sp³-hybridized carbons (Fsp3) is 0.588. The van der Waals surface area contributed by atoms with E-state index in [0.29, 0.717) is 18.9 Å². The molecule has 0 spiro atoms. The van der Waals surface area contributed by atoms with Crippen LogP contribution in [0.2, 0.25) is 0 Å². The fourth-order valence-electron chi connectivity index (χ4n) is 3.67. The maximum Gasteiger partial charge on any atom is 0.240 e. The molecule has 1 aromatic carbocycles. The van der Waals surface area contributed by atoms with Gasteiger partial charge in [0.2, 0.25) is 15.9 Å². The number of hydrogen-bond donors (Lipinski definition) is 2. The second-order valence-corrected chi connectivity index (χ2v) is 8.64. The van der Waals surface area contributed by atoms with Gasteiger partial charge in [-0.3, -0.25) is 4.79 Å². The van der Waals surface area contributed by atoms with E-state index in [1.54, 1.807) is 23.1 Å². The summed E-state index contributed by atoms with van der Waals surface area (Å²) in [5, 5.41) is 3.23. The first-order valence-electron chi connectivity index (χ1n) is 8.45. The summed E-state index contributed by atoms with van der Waals surface area (Å²) >= 11 is 0. The van der Waals surface area contributed by atoms with E-state index >= 15 is 0 Å². The highest BCUT2D eigenvalue weighted by Crippen LogP contribution is 2.34. The molecule has 3 atom stereocenters. The van der Waals surface area contributed by atoms with E-state index in [1.807, 2.05) is 6.92 Å². The van der Waals surface area contributed by atoms with Gasteiger partial charge in [-0.1, -0.05) is 6.92 Å². The van der Waals surface area contributed by atoms with Crippen LogP contribution in [0.3, 0.4) is 0 Å². The number of sulfonamides is 1. The first kappa shape index (κ1) is 20.2. The average molecular weight is 388 g/mol. The third-order valence-corrected chi connectivity index (χ3v) is 6.54. The summed E-state index contributed by atoms with van der Waals surface area (Å²) in [6, 6.07) is 5.02. The lowest BCUT2D eigenvalue weighted by Crippen LogP contribution is -2.50. The molecular weight excluding hydrogens is 362 g/mol. The predicted octanol–water partition coefficient (Wildman–Crippen LogP) is 1.68. The fourth-order valence-corrected chi connectivity index (χ4v) is 5.06. The Bertz CT molecular complexity index is 754. The van der Waals surface area contributed by atoms with Crippen LogP contribution in [0.1, 0.15) is 32.8 Å². The molecule has 2 N–H and O–H groups in total. The van der Waals surface area contributed by atoms with Crippen molar-refractivity contribution < 1.29 is 13.2 Å². The summed E-state index contributed by atoms with van der Waals surface area (Å²) in [6.07, 6.45) is 1.64. The topological polar surface area (TPSA) is 78.5 Å². The molecule has 8 heteroatoms. The second-order valence-electron chi connectivity index (χ2n) is 6.93. The zero-order valence-corrected chi connectivity index (χ0v) is 16.4. The minimum atomic E-state index is -3.56. The van der Waals surface area contributed by atoms with E-state index in [9.17, 15) is 13.2 Å². The number of piperidine rings is 1. The number of nitrogens with one attached hydrogen (secondary N) is 2. The first-order chi connectivity index (χ1) is 11.3. The molecule has 1 amide bonds. The number of hydrogen-bond acceptors (Lipinski definition) is 4. The zero-order chi connectivity index (χ0) is 17.5. The van der Waals surface area contributed by atoms with Crippen LogP contribution in [0.4, 0.5) is 5.69 Å². The molecule has 0 aliphatic carbocycles. The summed E-state index contributed by atoms with van der Waals surface area (Å²) in [7, 11) is -3.56. The molecule has 2 aliphatic heterocycles. The van der Waals surface area contributed by atoms with E-state index in [2.05, 4.69) is 17.0 Å². The van der Waals surface area contributed by atoms with E-state index in [-0.39, 0.29) is 35.3 Å². The second kappa shape index (κ2) is 7.61. The van der Waals surface area contributed by atoms with Crippen molar-refractivity contribution in [3.63, 3.8) is 0 Å². The predicted molar refractivity (Wildman–Crippen MR) is 101 cm³/mol. The molecule has 0 radical (unpaired) electrons. The van der Waals surface area contributed by atoms with Crippen molar-refractivity contribution in [2.75, 3.05) is 18.0 Å². The number of amides is 1. The van der Waals surface area contributed by atoms with Gasteiger partial charge >= 0.3 is 0 Å². The Morgan fingerprint density at radius 3 is 2.68 bits per heavy atom. The molecule has 2 aliphatic rings. The smallest absolute Gasteiger partial charge is 0.240 e. The van der Waals surface area contributed by atoms with E-state index < -0.39 is 10.0 Å². The Labute approximate surface area is 155 Å². The van der Waals surface area contributed by atoms with Gasteiger partial charge in [-0.05, 0) is 56.0 Å². The maximum atomic E-state index is 12.7. The zero-order valence-electron chi connectivity index (χ0n) is 14.8. The molecular formula is C17H26ClN3O3S. The monoisotopic (exact) mass is 387 g/mol. The SMILES string of the molecule is CC(=O)N1c2ccc(S(=O)(=O)NC3CNCCC3C)cc2CC1C.Cl. The summed E-state index contributed by atoms with van der Waals surface area (Å²) in [4.78, 5) is 13.8. The van der Waals surface area contributed by atoms with E-state index in [0.717, 1.165) is 24.2 Å². The van der Waals surface area contributed by atoms with Crippen LogP contribution in [0.5, 0.6) is 0 Å². The van der Waals surface area contributed by atoms with Gasteiger partial charge in [0.25, 0.3) is 0 Å². The van der Waals surface area contributed by atoms with Crippen molar-refractivity contribution in [3.05, 3.63) is 23.8 Å². The van der Waals surface area contributed by atoms with Gasteiger partial charge in [0.15, 0.2) is 0 Å². The van der Waals surface area contributed by atoms with Crippen LogP contribution in [0, 0.1) is 5.92 Å². The molecule has 0 saturated carbocycles. The van der Waals surface area contributed by atoms with Gasteiger partial charge in [-0.2, -0.15) is 0 Å². The van der Waals surface area contributed by atoms with Gasteiger partial charge in [0.05, 0.1) is 4.90 Å². The molecule has 3 unspecified atom stereocenters.